The molecule has 23 heavy (non-hydrogen) atoms. The van der Waals surface area contributed by atoms with Gasteiger partial charge in [-0.1, -0.05) is 43.3 Å². The Kier molecular flexibility index (Phi) is 5.69. The lowest BCUT2D eigenvalue weighted by molar-refractivity contribution is -0.138. The third-order valence-electron chi connectivity index (χ3n) is 3.89. The summed E-state index contributed by atoms with van der Waals surface area (Å²) < 4.78 is 12.9. The average molecular weight is 333 g/mol. The molecule has 1 heterocycles. The van der Waals surface area contributed by atoms with Crippen LogP contribution in [0, 0.1) is 0 Å². The van der Waals surface area contributed by atoms with Gasteiger partial charge in [-0.2, -0.15) is 0 Å². The van der Waals surface area contributed by atoms with Crippen molar-refractivity contribution in [3.05, 3.63) is 66.0 Å². The Morgan fingerprint density at radius 1 is 1.17 bits per heavy atom. The highest BCUT2D eigenvalue weighted by molar-refractivity contribution is 7.58. The van der Waals surface area contributed by atoms with E-state index in [1.807, 2.05) is 6.92 Å². The van der Waals surface area contributed by atoms with Crippen LogP contribution in [-0.2, 0) is 9.36 Å². The highest BCUT2D eigenvalue weighted by Gasteiger charge is 2.36. The number of aliphatic carboxylic acids is 1. The number of carbonyl (C=O) groups is 1. The van der Waals surface area contributed by atoms with Gasteiger partial charge in [-0.3, -0.25) is 14.3 Å². The van der Waals surface area contributed by atoms with Gasteiger partial charge in [0, 0.05) is 18.6 Å². The Morgan fingerprint density at radius 3 is 2.35 bits per heavy atom. The van der Waals surface area contributed by atoms with Crippen LogP contribution in [0.2, 0.25) is 0 Å². The largest absolute Gasteiger partial charge is 0.481 e. The molecule has 0 aliphatic carbocycles. The summed E-state index contributed by atoms with van der Waals surface area (Å²) in [6, 6.07) is 12.0. The van der Waals surface area contributed by atoms with Crippen molar-refractivity contribution in [3.63, 3.8) is 0 Å². The van der Waals surface area contributed by atoms with E-state index >= 15 is 0 Å². The fourth-order valence-corrected chi connectivity index (χ4v) is 5.06. The molecule has 2 rings (SSSR count). The van der Waals surface area contributed by atoms with Gasteiger partial charge in [-0.05, 0) is 23.6 Å². The summed E-state index contributed by atoms with van der Waals surface area (Å²) in [6.45, 7) is 1.82. The van der Waals surface area contributed by atoms with Crippen LogP contribution in [0.25, 0.3) is 0 Å². The third kappa shape index (κ3) is 4.27. The van der Waals surface area contributed by atoms with Crippen LogP contribution in [-0.4, -0.2) is 27.1 Å². The molecule has 0 saturated carbocycles. The quantitative estimate of drug-likeness (QED) is 0.755. The van der Waals surface area contributed by atoms with E-state index in [-0.39, 0.29) is 6.16 Å². The van der Waals surface area contributed by atoms with Crippen LogP contribution < -0.4 is 0 Å². The Labute approximate surface area is 135 Å². The van der Waals surface area contributed by atoms with Gasteiger partial charge in [0.15, 0.2) is 0 Å². The van der Waals surface area contributed by atoms with Gasteiger partial charge in [-0.25, -0.2) is 0 Å². The highest BCUT2D eigenvalue weighted by atomic mass is 31.2. The molecular weight excluding hydrogens is 313 g/mol. The number of benzene rings is 1. The molecule has 2 N–H and O–H groups in total. The number of hydrogen-bond acceptors (Lipinski definition) is 3. The zero-order valence-electron chi connectivity index (χ0n) is 12.9. The molecule has 0 amide bonds. The number of nitrogens with zero attached hydrogens (tertiary/aromatic N) is 1. The summed E-state index contributed by atoms with van der Waals surface area (Å²) in [5.74, 6) is -2.09. The maximum absolute atomic E-state index is 12.9. The second-order valence-corrected chi connectivity index (χ2v) is 7.95. The van der Waals surface area contributed by atoms with E-state index in [1.54, 1.807) is 54.9 Å². The van der Waals surface area contributed by atoms with E-state index in [9.17, 15) is 19.4 Å². The first-order valence-electron chi connectivity index (χ1n) is 7.45. The molecule has 0 bridgehead atoms. The van der Waals surface area contributed by atoms with E-state index in [2.05, 4.69) is 4.98 Å². The minimum atomic E-state index is -3.72. The van der Waals surface area contributed by atoms with Crippen molar-refractivity contribution >= 4 is 13.3 Å². The molecule has 1 aromatic heterocycles. The molecule has 122 valence electrons. The second kappa shape index (κ2) is 7.53. The molecule has 0 fully saturated rings. The molecular formula is C17H20NO4P. The average Bonchev–Trinajstić information content (AvgIpc) is 2.55. The topological polar surface area (TPSA) is 87.5 Å². The Bertz CT molecular complexity index is 690. The second-order valence-electron chi connectivity index (χ2n) is 5.45. The summed E-state index contributed by atoms with van der Waals surface area (Å²) >= 11 is 0. The van der Waals surface area contributed by atoms with Crippen LogP contribution in [0.15, 0.2) is 54.9 Å². The van der Waals surface area contributed by atoms with Crippen molar-refractivity contribution in [2.75, 3.05) is 6.16 Å². The van der Waals surface area contributed by atoms with E-state index in [0.717, 1.165) is 0 Å². The minimum absolute atomic E-state index is 0.292. The SMILES string of the molecule is CCC(c1cccnc1)P(=O)(O)CC(C(=O)O)c1ccccc1. The Balaban J connectivity index is 2.30. The van der Waals surface area contributed by atoms with E-state index in [4.69, 9.17) is 0 Å². The monoisotopic (exact) mass is 333 g/mol. The van der Waals surface area contributed by atoms with Crippen molar-refractivity contribution in [3.8, 4) is 0 Å². The first-order chi connectivity index (χ1) is 11.0. The molecule has 6 heteroatoms. The van der Waals surface area contributed by atoms with Gasteiger partial charge < -0.3 is 10.00 Å². The predicted octanol–water partition coefficient (Wildman–Crippen LogP) is 3.67. The molecule has 0 spiro atoms. The van der Waals surface area contributed by atoms with E-state index < -0.39 is 24.9 Å². The highest BCUT2D eigenvalue weighted by Crippen LogP contribution is 2.59. The summed E-state index contributed by atoms with van der Waals surface area (Å²) in [4.78, 5) is 26.1. The van der Waals surface area contributed by atoms with Gasteiger partial charge in [-0.15, -0.1) is 0 Å². The lowest BCUT2D eigenvalue weighted by Gasteiger charge is -2.25. The van der Waals surface area contributed by atoms with Gasteiger partial charge in [0.1, 0.15) is 0 Å². The van der Waals surface area contributed by atoms with Crippen LogP contribution >= 0.6 is 7.37 Å². The lowest BCUT2D eigenvalue weighted by atomic mass is 10.0. The maximum Gasteiger partial charge on any atom is 0.311 e. The zero-order chi connectivity index (χ0) is 16.9. The summed E-state index contributed by atoms with van der Waals surface area (Å²) in [7, 11) is -3.72. The fraction of sp³-hybridized carbons (Fsp3) is 0.294. The van der Waals surface area contributed by atoms with Crippen LogP contribution in [0.1, 0.15) is 36.0 Å². The van der Waals surface area contributed by atoms with E-state index in [0.29, 0.717) is 17.5 Å². The molecule has 1 aromatic carbocycles. The first kappa shape index (κ1) is 17.4. The van der Waals surface area contributed by atoms with Gasteiger partial charge in [0.2, 0.25) is 7.37 Å². The predicted molar refractivity (Wildman–Crippen MR) is 88.8 cm³/mol. The summed E-state index contributed by atoms with van der Waals surface area (Å²) in [5.41, 5.74) is 0.593. The Morgan fingerprint density at radius 2 is 1.83 bits per heavy atom. The van der Waals surface area contributed by atoms with E-state index in [1.165, 1.54) is 0 Å². The molecule has 0 saturated heterocycles. The summed E-state index contributed by atoms with van der Waals surface area (Å²) in [6.07, 6.45) is 3.32. The van der Waals surface area contributed by atoms with Crippen LogP contribution in [0.5, 0.6) is 0 Å². The fourth-order valence-electron chi connectivity index (χ4n) is 2.73. The molecule has 2 aromatic rings. The molecule has 0 aliphatic rings. The van der Waals surface area contributed by atoms with Crippen molar-refractivity contribution in [2.45, 2.75) is 24.9 Å². The zero-order valence-corrected chi connectivity index (χ0v) is 13.8. The van der Waals surface area contributed by atoms with Gasteiger partial charge in [0.05, 0.1) is 11.6 Å². The summed E-state index contributed by atoms with van der Waals surface area (Å²) in [5, 5.41) is 9.47. The molecule has 3 unspecified atom stereocenters. The van der Waals surface area contributed by atoms with Crippen molar-refractivity contribution in [2.24, 2.45) is 0 Å². The van der Waals surface area contributed by atoms with Crippen molar-refractivity contribution < 1.29 is 19.4 Å². The van der Waals surface area contributed by atoms with Gasteiger partial charge >= 0.3 is 5.97 Å². The number of hydrogen-bond donors (Lipinski definition) is 2. The molecule has 5 nitrogen and oxygen atoms in total. The number of aromatic nitrogens is 1. The normalized spacial score (nSPS) is 16.3. The third-order valence-corrected chi connectivity index (χ3v) is 6.41. The van der Waals surface area contributed by atoms with Crippen LogP contribution in [0.4, 0.5) is 0 Å². The number of rotatable bonds is 7. The lowest BCUT2D eigenvalue weighted by Crippen LogP contribution is -2.18. The molecule has 0 aliphatic heterocycles. The molecule has 3 atom stereocenters. The van der Waals surface area contributed by atoms with Crippen molar-refractivity contribution in [1.82, 2.24) is 4.98 Å². The van der Waals surface area contributed by atoms with Crippen molar-refractivity contribution in [1.29, 1.82) is 0 Å². The van der Waals surface area contributed by atoms with Crippen LogP contribution in [0.3, 0.4) is 0 Å². The smallest absolute Gasteiger partial charge is 0.311 e. The number of pyridine rings is 1. The number of carboxylic acids is 1. The Hall–Kier alpha value is -1.97. The number of carboxylic acid groups (broad SMARTS) is 1. The standard InChI is InChI=1S/C17H20NO4P/c1-2-16(14-9-6-10-18-11-14)23(21,22)12-15(17(19)20)13-7-4-3-5-8-13/h3-11,15-16H,2,12H2,1H3,(H,19,20)(H,21,22). The van der Waals surface area contributed by atoms with Gasteiger partial charge in [0.25, 0.3) is 0 Å². The first-order valence-corrected chi connectivity index (χ1v) is 9.36. The minimum Gasteiger partial charge on any atom is -0.481 e. The molecule has 0 radical (unpaired) electrons. The maximum atomic E-state index is 12.9.